The number of likely N-dealkylation sites (tertiary alicyclic amines) is 1. The summed E-state index contributed by atoms with van der Waals surface area (Å²) < 4.78 is 7.17. The van der Waals surface area contributed by atoms with Crippen LogP contribution in [0.2, 0.25) is 15.1 Å². The molecule has 2 aliphatic rings. The van der Waals surface area contributed by atoms with Gasteiger partial charge in [-0.25, -0.2) is 0 Å². The largest absolute Gasteiger partial charge is 0.508 e. The summed E-state index contributed by atoms with van der Waals surface area (Å²) in [6, 6.07) is 25.3. The lowest BCUT2D eigenvalue weighted by atomic mass is 9.80. The molecule has 1 heterocycles. The number of benzene rings is 3. The smallest absolute Gasteiger partial charge is 0.261 e. The van der Waals surface area contributed by atoms with E-state index in [-0.39, 0.29) is 16.7 Å². The highest BCUT2D eigenvalue weighted by molar-refractivity contribution is 7.80. The SMILES string of the molecule is CC(C)(C)[Si](OCC1CC(N2C[C@@H](c3c(O)ccc(Cl)c3Cl)CC2=S)C1)(c1ccccc1)c1ccccc1. The van der Waals surface area contributed by atoms with Crippen LogP contribution in [0.4, 0.5) is 0 Å². The van der Waals surface area contributed by atoms with Crippen molar-refractivity contribution in [3.8, 4) is 5.75 Å². The third-order valence-electron chi connectivity index (χ3n) is 8.28. The first-order chi connectivity index (χ1) is 18.1. The molecule has 3 aromatic carbocycles. The molecule has 0 spiro atoms. The van der Waals surface area contributed by atoms with Crippen molar-refractivity contribution in [2.24, 2.45) is 5.92 Å². The van der Waals surface area contributed by atoms with Crippen LogP contribution >= 0.6 is 35.4 Å². The van der Waals surface area contributed by atoms with Crippen LogP contribution < -0.4 is 10.4 Å². The van der Waals surface area contributed by atoms with E-state index in [0.29, 0.717) is 28.4 Å². The summed E-state index contributed by atoms with van der Waals surface area (Å²) in [6.45, 7) is 8.47. The van der Waals surface area contributed by atoms with Crippen molar-refractivity contribution in [3.63, 3.8) is 0 Å². The molecule has 1 aliphatic heterocycles. The summed E-state index contributed by atoms with van der Waals surface area (Å²) in [5.74, 6) is 0.743. The van der Waals surface area contributed by atoms with E-state index in [4.69, 9.17) is 39.8 Å². The standard InChI is InChI=1S/C31H35Cl2NO2SSi/c1-31(2,3)38(24-10-6-4-7-11-24,25-12-8-5-9-13-25)36-20-21-16-23(17-21)34-19-22(18-28(34)37)29-27(35)15-14-26(32)30(29)33/h4-15,21-23,35H,16-20H2,1-3H3/t21?,22-,23?/m0/s1. The summed E-state index contributed by atoms with van der Waals surface area (Å²) in [7, 11) is -2.53. The number of hydrogen-bond acceptors (Lipinski definition) is 3. The minimum absolute atomic E-state index is 0.0270. The van der Waals surface area contributed by atoms with Gasteiger partial charge in [0.1, 0.15) is 5.75 Å². The highest BCUT2D eigenvalue weighted by atomic mass is 35.5. The molecule has 38 heavy (non-hydrogen) atoms. The third kappa shape index (κ3) is 5.04. The topological polar surface area (TPSA) is 32.7 Å². The van der Waals surface area contributed by atoms with Crippen molar-refractivity contribution in [2.75, 3.05) is 13.2 Å². The zero-order valence-corrected chi connectivity index (χ0v) is 25.5. The number of rotatable bonds is 7. The maximum absolute atomic E-state index is 10.5. The van der Waals surface area contributed by atoms with Crippen LogP contribution in [-0.2, 0) is 4.43 Å². The fourth-order valence-electron chi connectivity index (χ4n) is 6.32. The summed E-state index contributed by atoms with van der Waals surface area (Å²) in [5.41, 5.74) is 0.718. The third-order valence-corrected chi connectivity index (χ3v) is 14.5. The van der Waals surface area contributed by atoms with Crippen LogP contribution in [-0.4, -0.2) is 42.5 Å². The Hall–Kier alpha value is -1.89. The molecular formula is C31H35Cl2NO2SSi. The predicted octanol–water partition coefficient (Wildman–Crippen LogP) is 7.17. The maximum Gasteiger partial charge on any atom is 0.261 e. The zero-order chi connectivity index (χ0) is 27.1. The molecule has 0 bridgehead atoms. The van der Waals surface area contributed by atoms with Crippen LogP contribution in [0.5, 0.6) is 5.75 Å². The van der Waals surface area contributed by atoms with Crippen molar-refractivity contribution in [1.29, 1.82) is 0 Å². The molecule has 2 fully saturated rings. The fourth-order valence-corrected chi connectivity index (χ4v) is 11.9. The highest BCUT2D eigenvalue weighted by Gasteiger charge is 2.51. The predicted molar refractivity (Wildman–Crippen MR) is 165 cm³/mol. The van der Waals surface area contributed by atoms with Gasteiger partial charge in [0.2, 0.25) is 0 Å². The molecule has 1 saturated carbocycles. The molecule has 3 aromatic rings. The van der Waals surface area contributed by atoms with Crippen molar-refractivity contribution < 1.29 is 9.53 Å². The Kier molecular flexibility index (Phi) is 7.96. The van der Waals surface area contributed by atoms with Gasteiger partial charge in [-0.3, -0.25) is 0 Å². The van der Waals surface area contributed by atoms with E-state index >= 15 is 0 Å². The lowest BCUT2D eigenvalue weighted by molar-refractivity contribution is 0.0925. The first kappa shape index (κ1) is 27.7. The van der Waals surface area contributed by atoms with Crippen LogP contribution in [0.15, 0.2) is 72.8 Å². The molecule has 0 radical (unpaired) electrons. The van der Waals surface area contributed by atoms with Crippen LogP contribution in [0.3, 0.4) is 0 Å². The van der Waals surface area contributed by atoms with Gasteiger partial charge in [-0.2, -0.15) is 0 Å². The monoisotopic (exact) mass is 583 g/mol. The second-order valence-electron chi connectivity index (χ2n) is 11.7. The Balaban J connectivity index is 1.29. The van der Waals surface area contributed by atoms with Gasteiger partial charge < -0.3 is 14.4 Å². The van der Waals surface area contributed by atoms with Gasteiger partial charge in [-0.15, -0.1) is 0 Å². The van der Waals surface area contributed by atoms with Gasteiger partial charge in [0.15, 0.2) is 0 Å². The minimum Gasteiger partial charge on any atom is -0.508 e. The fraction of sp³-hybridized carbons (Fsp3) is 0.387. The summed E-state index contributed by atoms with van der Waals surface area (Å²) >= 11 is 18.5. The second-order valence-corrected chi connectivity index (χ2v) is 17.3. The number of hydrogen-bond donors (Lipinski definition) is 1. The molecule has 1 atom stereocenters. The molecule has 7 heteroatoms. The molecule has 1 N–H and O–H groups in total. The van der Waals surface area contributed by atoms with Crippen molar-refractivity contribution in [1.82, 2.24) is 4.90 Å². The lowest BCUT2D eigenvalue weighted by Gasteiger charge is -2.47. The maximum atomic E-state index is 10.5. The average Bonchev–Trinajstić information content (AvgIpc) is 3.24. The number of halogens is 2. The van der Waals surface area contributed by atoms with Crippen LogP contribution in [0.1, 0.15) is 51.5 Å². The zero-order valence-electron chi connectivity index (χ0n) is 22.2. The van der Waals surface area contributed by atoms with E-state index in [1.807, 2.05) is 0 Å². The van der Waals surface area contributed by atoms with Gasteiger partial charge in [-0.05, 0) is 46.3 Å². The van der Waals surface area contributed by atoms with E-state index in [1.54, 1.807) is 12.1 Å². The molecule has 0 amide bonds. The van der Waals surface area contributed by atoms with E-state index < -0.39 is 8.32 Å². The molecule has 1 saturated heterocycles. The van der Waals surface area contributed by atoms with E-state index in [2.05, 4.69) is 86.3 Å². The van der Waals surface area contributed by atoms with E-state index in [9.17, 15) is 5.11 Å². The normalized spacial score (nSPS) is 22.0. The Bertz CT molecular complexity index is 1250. The molecule has 200 valence electrons. The molecule has 3 nitrogen and oxygen atoms in total. The Morgan fingerprint density at radius 1 is 0.947 bits per heavy atom. The first-order valence-corrected chi connectivity index (χ1v) is 16.4. The number of phenolic OH excluding ortho intramolecular Hbond substituents is 1. The Morgan fingerprint density at radius 2 is 1.53 bits per heavy atom. The number of phenols is 1. The minimum atomic E-state index is -2.53. The summed E-state index contributed by atoms with van der Waals surface area (Å²) in [6.07, 6.45) is 2.82. The number of thiocarbonyl (C=S) groups is 1. The van der Waals surface area contributed by atoms with Gasteiger partial charge in [0.25, 0.3) is 8.32 Å². The molecular weight excluding hydrogens is 549 g/mol. The summed E-state index contributed by atoms with van der Waals surface area (Å²) in [5, 5.41) is 14.0. The van der Waals surface area contributed by atoms with E-state index in [1.165, 1.54) is 10.4 Å². The lowest BCUT2D eigenvalue weighted by Crippen LogP contribution is -2.67. The molecule has 1 aliphatic carbocycles. The van der Waals surface area contributed by atoms with Gasteiger partial charge in [0, 0.05) is 37.1 Å². The first-order valence-electron chi connectivity index (χ1n) is 13.3. The van der Waals surface area contributed by atoms with E-state index in [0.717, 1.165) is 36.5 Å². The van der Waals surface area contributed by atoms with Gasteiger partial charge in [0.05, 0.1) is 15.0 Å². The molecule has 0 aromatic heterocycles. The number of aromatic hydroxyl groups is 1. The molecule has 0 unspecified atom stereocenters. The average molecular weight is 585 g/mol. The number of nitrogens with zero attached hydrogens (tertiary/aromatic N) is 1. The van der Waals surface area contributed by atoms with Crippen LogP contribution in [0.25, 0.3) is 0 Å². The Labute approximate surface area is 242 Å². The highest BCUT2D eigenvalue weighted by Crippen LogP contribution is 2.45. The van der Waals surface area contributed by atoms with Crippen LogP contribution in [0, 0.1) is 5.92 Å². The van der Waals surface area contributed by atoms with Gasteiger partial charge >= 0.3 is 0 Å². The second kappa shape index (κ2) is 10.9. The van der Waals surface area contributed by atoms with Crippen molar-refractivity contribution in [3.05, 3.63) is 88.4 Å². The molecule has 5 rings (SSSR count). The van der Waals surface area contributed by atoms with Gasteiger partial charge in [-0.1, -0.05) is 117 Å². The summed E-state index contributed by atoms with van der Waals surface area (Å²) in [4.78, 5) is 3.29. The van der Waals surface area contributed by atoms with Crippen molar-refractivity contribution in [2.45, 2.75) is 57.0 Å². The Morgan fingerprint density at radius 3 is 2.08 bits per heavy atom. The van der Waals surface area contributed by atoms with Crippen molar-refractivity contribution >= 4 is 59.1 Å². The quantitative estimate of drug-likeness (QED) is 0.236.